The topological polar surface area (TPSA) is 20.2 Å². The van der Waals surface area contributed by atoms with Crippen molar-refractivity contribution < 1.29 is 5.11 Å². The highest BCUT2D eigenvalue weighted by atomic mass is 127. The van der Waals surface area contributed by atoms with Gasteiger partial charge in [-0.3, -0.25) is 0 Å². The third-order valence-corrected chi connectivity index (χ3v) is 3.44. The summed E-state index contributed by atoms with van der Waals surface area (Å²) >= 11 is 4.60. The second-order valence-corrected chi connectivity index (χ2v) is 4.21. The number of aryl methyl sites for hydroxylation is 1. The molecule has 3 heteroatoms. The molecule has 0 radical (unpaired) electrons. The van der Waals surface area contributed by atoms with E-state index in [1.807, 2.05) is 13.0 Å². The van der Waals surface area contributed by atoms with Crippen LogP contribution in [-0.2, 0) is 8.86 Å². The zero-order valence-electron chi connectivity index (χ0n) is 6.77. The van der Waals surface area contributed by atoms with Crippen molar-refractivity contribution in [2.24, 2.45) is 0 Å². The Hall–Kier alpha value is 0.480. The Kier molecular flexibility index (Phi) is 4.09. The molecule has 0 saturated carbocycles. The molecular weight excluding hydrogens is 378 g/mol. The quantitative estimate of drug-likeness (QED) is 0.607. The van der Waals surface area contributed by atoms with Gasteiger partial charge in [-0.25, -0.2) is 0 Å². The van der Waals surface area contributed by atoms with Crippen LogP contribution in [0.25, 0.3) is 0 Å². The summed E-state index contributed by atoms with van der Waals surface area (Å²) in [6, 6.07) is 4.11. The minimum atomic E-state index is 0.456. The van der Waals surface area contributed by atoms with Crippen LogP contribution >= 0.6 is 45.2 Å². The third kappa shape index (κ3) is 2.25. The Morgan fingerprint density at radius 3 is 2.42 bits per heavy atom. The number of rotatable bonds is 2. The maximum Gasteiger partial charge on any atom is 0.122 e. The Labute approximate surface area is 99.8 Å². The van der Waals surface area contributed by atoms with Crippen molar-refractivity contribution in [2.75, 3.05) is 0 Å². The van der Waals surface area contributed by atoms with Gasteiger partial charge < -0.3 is 5.11 Å². The van der Waals surface area contributed by atoms with Gasteiger partial charge in [0.1, 0.15) is 5.75 Å². The lowest BCUT2D eigenvalue weighted by Gasteiger charge is -2.06. The lowest BCUT2D eigenvalue weighted by atomic mass is 10.1. The average molecular weight is 388 g/mol. The number of phenolic OH excluding ortho intramolecular Hbond substituents is 1. The average Bonchev–Trinajstić information content (AvgIpc) is 2.09. The molecule has 0 fully saturated rings. The first-order valence-electron chi connectivity index (χ1n) is 3.62. The summed E-state index contributed by atoms with van der Waals surface area (Å²) in [5, 5.41) is 9.61. The van der Waals surface area contributed by atoms with Crippen LogP contribution in [-0.4, -0.2) is 5.11 Å². The van der Waals surface area contributed by atoms with E-state index in [9.17, 15) is 5.11 Å². The molecule has 0 bridgehead atoms. The van der Waals surface area contributed by atoms with Crippen molar-refractivity contribution in [1.82, 2.24) is 0 Å². The van der Waals surface area contributed by atoms with Gasteiger partial charge >= 0.3 is 0 Å². The van der Waals surface area contributed by atoms with Gasteiger partial charge in [-0.2, -0.15) is 0 Å². The number of phenols is 1. The van der Waals surface area contributed by atoms with E-state index in [4.69, 9.17) is 0 Å². The van der Waals surface area contributed by atoms with Crippen LogP contribution in [0.4, 0.5) is 0 Å². The van der Waals surface area contributed by atoms with Crippen LogP contribution in [0.3, 0.4) is 0 Å². The maximum absolute atomic E-state index is 9.61. The highest BCUT2D eigenvalue weighted by Gasteiger charge is 2.04. The first-order chi connectivity index (χ1) is 5.69. The smallest absolute Gasteiger partial charge is 0.122 e. The fraction of sp³-hybridized carbons (Fsp3) is 0.333. The number of alkyl halides is 2. The lowest BCUT2D eigenvalue weighted by molar-refractivity contribution is 0.466. The summed E-state index contributed by atoms with van der Waals surface area (Å²) in [5.74, 6) is 0.456. The largest absolute Gasteiger partial charge is 0.507 e. The monoisotopic (exact) mass is 388 g/mol. The van der Waals surface area contributed by atoms with Crippen molar-refractivity contribution >= 4 is 45.2 Å². The molecule has 1 aromatic rings. The van der Waals surface area contributed by atoms with Crippen LogP contribution in [0.2, 0.25) is 0 Å². The summed E-state index contributed by atoms with van der Waals surface area (Å²) in [6.07, 6.45) is 0. The van der Waals surface area contributed by atoms with Crippen LogP contribution in [0.15, 0.2) is 12.1 Å². The minimum Gasteiger partial charge on any atom is -0.507 e. The molecular formula is C9H10I2O. The molecule has 0 aliphatic heterocycles. The number of hydrogen-bond acceptors (Lipinski definition) is 1. The second kappa shape index (κ2) is 4.64. The molecule has 66 valence electrons. The molecule has 1 N–H and O–H groups in total. The molecule has 0 heterocycles. The predicted octanol–water partition coefficient (Wildman–Crippen LogP) is 3.57. The van der Waals surface area contributed by atoms with Crippen molar-refractivity contribution in [3.63, 3.8) is 0 Å². The van der Waals surface area contributed by atoms with Crippen molar-refractivity contribution in [3.05, 3.63) is 28.8 Å². The maximum atomic E-state index is 9.61. The number of halogens is 2. The molecule has 0 aromatic heterocycles. The molecule has 0 aliphatic rings. The van der Waals surface area contributed by atoms with Gasteiger partial charge in [0.05, 0.1) is 0 Å². The first kappa shape index (κ1) is 10.6. The first-order valence-corrected chi connectivity index (χ1v) is 6.67. The number of benzene rings is 1. The zero-order valence-corrected chi connectivity index (χ0v) is 11.1. The molecule has 0 atom stereocenters. The Morgan fingerprint density at radius 1 is 1.25 bits per heavy atom. The molecule has 12 heavy (non-hydrogen) atoms. The normalized spacial score (nSPS) is 10.2. The summed E-state index contributed by atoms with van der Waals surface area (Å²) in [6.45, 7) is 1.95. The second-order valence-electron chi connectivity index (χ2n) is 2.69. The Balaban J connectivity index is 3.19. The Morgan fingerprint density at radius 2 is 1.92 bits per heavy atom. The fourth-order valence-corrected chi connectivity index (χ4v) is 2.13. The number of aromatic hydroxyl groups is 1. The van der Waals surface area contributed by atoms with Gasteiger partial charge in [0.25, 0.3) is 0 Å². The molecule has 0 aliphatic carbocycles. The summed E-state index contributed by atoms with van der Waals surface area (Å²) in [5.41, 5.74) is 3.32. The van der Waals surface area contributed by atoms with E-state index in [1.54, 1.807) is 0 Å². The lowest BCUT2D eigenvalue weighted by Crippen LogP contribution is -1.87. The van der Waals surface area contributed by atoms with E-state index in [0.717, 1.165) is 20.0 Å². The highest BCUT2D eigenvalue weighted by Crippen LogP contribution is 2.26. The third-order valence-electron chi connectivity index (χ3n) is 1.74. The molecule has 1 aromatic carbocycles. The highest BCUT2D eigenvalue weighted by molar-refractivity contribution is 14.1. The van der Waals surface area contributed by atoms with Crippen LogP contribution in [0, 0.1) is 6.92 Å². The molecule has 0 amide bonds. The van der Waals surface area contributed by atoms with Crippen molar-refractivity contribution in [3.8, 4) is 5.75 Å². The fourth-order valence-electron chi connectivity index (χ4n) is 1.11. The van der Waals surface area contributed by atoms with E-state index in [-0.39, 0.29) is 0 Å². The van der Waals surface area contributed by atoms with Gasteiger partial charge in [-0.1, -0.05) is 57.3 Å². The van der Waals surface area contributed by atoms with Gasteiger partial charge in [0.15, 0.2) is 0 Å². The summed E-state index contributed by atoms with van der Waals surface area (Å²) in [7, 11) is 0. The van der Waals surface area contributed by atoms with E-state index < -0.39 is 0 Å². The predicted molar refractivity (Wildman–Crippen MR) is 68.3 cm³/mol. The van der Waals surface area contributed by atoms with Gasteiger partial charge in [-0.15, -0.1) is 0 Å². The molecule has 0 saturated heterocycles. The van der Waals surface area contributed by atoms with Crippen LogP contribution in [0.1, 0.15) is 16.7 Å². The van der Waals surface area contributed by atoms with Crippen molar-refractivity contribution in [2.45, 2.75) is 15.8 Å². The van der Waals surface area contributed by atoms with E-state index in [0.29, 0.717) is 5.75 Å². The standard InChI is InChI=1S/C9H10I2O/c1-6-2-7(4-10)3-8(5-11)9(6)12/h2-3,12H,4-5H2,1H3. The van der Waals surface area contributed by atoms with Gasteiger partial charge in [0.2, 0.25) is 0 Å². The van der Waals surface area contributed by atoms with E-state index in [1.165, 1.54) is 5.56 Å². The molecule has 0 unspecified atom stereocenters. The SMILES string of the molecule is Cc1cc(CI)cc(CI)c1O. The minimum absolute atomic E-state index is 0.456. The summed E-state index contributed by atoms with van der Waals surface area (Å²) < 4.78 is 1.87. The van der Waals surface area contributed by atoms with Gasteiger partial charge in [0, 0.05) is 14.4 Å². The van der Waals surface area contributed by atoms with Crippen molar-refractivity contribution in [1.29, 1.82) is 0 Å². The van der Waals surface area contributed by atoms with Crippen LogP contribution < -0.4 is 0 Å². The van der Waals surface area contributed by atoms with Gasteiger partial charge in [-0.05, 0) is 18.1 Å². The Bertz CT molecular complexity index is 284. The zero-order chi connectivity index (χ0) is 9.14. The molecule has 1 nitrogen and oxygen atoms in total. The molecule has 1 rings (SSSR count). The number of hydrogen-bond donors (Lipinski definition) is 1. The van der Waals surface area contributed by atoms with Crippen LogP contribution in [0.5, 0.6) is 5.75 Å². The van der Waals surface area contributed by atoms with E-state index >= 15 is 0 Å². The summed E-state index contributed by atoms with van der Waals surface area (Å²) in [4.78, 5) is 0. The van der Waals surface area contributed by atoms with E-state index in [2.05, 4.69) is 51.2 Å². The molecule has 0 spiro atoms.